The molecular formula is C30H51N5O8. The summed E-state index contributed by atoms with van der Waals surface area (Å²) in [4.78, 5) is 78.4. The SMILES string of the molecule is COC(=O)OC[C@@H](NC(=O)N[C@H](C(=O)N1CC[C@H](C(C)C)[C@H]1C(=O)NC(CC1CCC1)C(=O)C(N)=O)C(C)(C)C)C(C)C. The highest BCUT2D eigenvalue weighted by Gasteiger charge is 2.48. The van der Waals surface area contributed by atoms with Crippen molar-refractivity contribution in [2.75, 3.05) is 20.3 Å². The molecule has 1 heterocycles. The van der Waals surface area contributed by atoms with Crippen LogP contribution >= 0.6 is 0 Å². The highest BCUT2D eigenvalue weighted by atomic mass is 16.7. The van der Waals surface area contributed by atoms with Crippen LogP contribution < -0.4 is 21.7 Å². The predicted molar refractivity (Wildman–Crippen MR) is 158 cm³/mol. The number of ketones is 1. The molecule has 0 bridgehead atoms. The van der Waals surface area contributed by atoms with Gasteiger partial charge in [0.05, 0.1) is 19.2 Å². The summed E-state index contributed by atoms with van der Waals surface area (Å²) >= 11 is 0. The van der Waals surface area contributed by atoms with Crippen molar-refractivity contribution in [3.05, 3.63) is 0 Å². The van der Waals surface area contributed by atoms with Gasteiger partial charge in [0.2, 0.25) is 17.6 Å². The smallest absolute Gasteiger partial charge is 0.438 e. The number of likely N-dealkylation sites (tertiary alicyclic amines) is 1. The Kier molecular flexibility index (Phi) is 12.8. The fourth-order valence-electron chi connectivity index (χ4n) is 5.59. The number of nitrogens with one attached hydrogen (secondary N) is 3. The lowest BCUT2D eigenvalue weighted by atomic mass is 9.80. The van der Waals surface area contributed by atoms with Crippen LogP contribution in [0.15, 0.2) is 0 Å². The molecule has 1 aliphatic heterocycles. The number of ether oxygens (including phenoxy) is 2. The maximum atomic E-state index is 14.1. The van der Waals surface area contributed by atoms with Crippen LogP contribution in [0.3, 0.4) is 0 Å². The summed E-state index contributed by atoms with van der Waals surface area (Å²) in [5.74, 6) is -2.95. The summed E-state index contributed by atoms with van der Waals surface area (Å²) in [6, 6.07) is -4.15. The number of nitrogens with two attached hydrogens (primary N) is 1. The maximum absolute atomic E-state index is 14.1. The van der Waals surface area contributed by atoms with Crippen LogP contribution in [0, 0.1) is 29.1 Å². The Morgan fingerprint density at radius 1 is 0.953 bits per heavy atom. The van der Waals surface area contributed by atoms with E-state index < -0.39 is 65.3 Å². The Hall–Kier alpha value is -3.38. The monoisotopic (exact) mass is 609 g/mol. The van der Waals surface area contributed by atoms with Crippen LogP contribution in [0.4, 0.5) is 9.59 Å². The largest absolute Gasteiger partial charge is 0.508 e. The van der Waals surface area contributed by atoms with Gasteiger partial charge in [-0.05, 0) is 41.9 Å². The van der Waals surface area contributed by atoms with E-state index in [0.29, 0.717) is 12.8 Å². The molecule has 0 aromatic heterocycles. The standard InChI is InChI=1S/C30H51N5O8/c1-16(2)19-12-13-35(22(19)26(38)32-20(23(36)25(31)37)14-18-10-9-11-18)27(39)24(30(5,6)7)34-28(40)33-21(17(3)4)15-43-29(41)42-8/h16-22,24H,9-15H2,1-8H3,(H2,31,37)(H,32,38)(H2,33,34,40)/t19-,20?,21-,22+,24-/m1/s1. The molecule has 2 fully saturated rings. The predicted octanol–water partition coefficient (Wildman–Crippen LogP) is 2.11. The molecule has 5 amide bonds. The molecule has 1 saturated carbocycles. The summed E-state index contributed by atoms with van der Waals surface area (Å²) in [5, 5.41) is 8.31. The van der Waals surface area contributed by atoms with Gasteiger partial charge in [0, 0.05) is 6.54 Å². The normalized spacial score (nSPS) is 20.9. The van der Waals surface area contributed by atoms with Crippen LogP contribution in [0.5, 0.6) is 0 Å². The van der Waals surface area contributed by atoms with Crippen molar-refractivity contribution in [3.8, 4) is 0 Å². The summed E-state index contributed by atoms with van der Waals surface area (Å²) in [5.41, 5.74) is 4.56. The molecule has 13 heteroatoms. The van der Waals surface area contributed by atoms with Crippen molar-refractivity contribution in [2.24, 2.45) is 34.8 Å². The van der Waals surface area contributed by atoms with Gasteiger partial charge in [0.25, 0.3) is 5.91 Å². The van der Waals surface area contributed by atoms with Crippen LogP contribution in [-0.4, -0.2) is 85.0 Å². The number of Topliss-reactive ketones (excluding diaryl/α,β-unsaturated/α-hetero) is 1. The zero-order chi connectivity index (χ0) is 32.6. The Bertz CT molecular complexity index is 1040. The van der Waals surface area contributed by atoms with Gasteiger partial charge >= 0.3 is 12.2 Å². The van der Waals surface area contributed by atoms with Crippen molar-refractivity contribution in [3.63, 3.8) is 0 Å². The zero-order valence-electron chi connectivity index (χ0n) is 26.9. The molecule has 2 rings (SSSR count). The van der Waals surface area contributed by atoms with E-state index in [0.717, 1.165) is 19.3 Å². The second-order valence-electron chi connectivity index (χ2n) is 13.5. The summed E-state index contributed by atoms with van der Waals surface area (Å²) in [6.45, 7) is 13.2. The van der Waals surface area contributed by atoms with Crippen LogP contribution in [0.1, 0.15) is 80.6 Å². The Morgan fingerprint density at radius 3 is 2.05 bits per heavy atom. The lowest BCUT2D eigenvalue weighted by molar-refractivity contribution is -0.144. The van der Waals surface area contributed by atoms with Gasteiger partial charge in [0.15, 0.2) is 0 Å². The molecule has 0 spiro atoms. The van der Waals surface area contributed by atoms with Gasteiger partial charge in [-0.3, -0.25) is 19.2 Å². The van der Waals surface area contributed by atoms with E-state index in [-0.39, 0.29) is 36.8 Å². The first-order chi connectivity index (χ1) is 20.0. The lowest BCUT2D eigenvalue weighted by Crippen LogP contribution is -2.61. The third kappa shape index (κ3) is 9.82. The molecule has 244 valence electrons. The number of hydrogen-bond donors (Lipinski definition) is 4. The highest BCUT2D eigenvalue weighted by molar-refractivity contribution is 6.37. The van der Waals surface area contributed by atoms with Gasteiger partial charge in [-0.15, -0.1) is 0 Å². The molecule has 1 saturated heterocycles. The van der Waals surface area contributed by atoms with Crippen molar-refractivity contribution in [2.45, 2.75) is 105 Å². The number of amides is 5. The zero-order valence-corrected chi connectivity index (χ0v) is 26.9. The topological polar surface area (TPSA) is 186 Å². The van der Waals surface area contributed by atoms with E-state index in [4.69, 9.17) is 10.5 Å². The van der Waals surface area contributed by atoms with E-state index in [9.17, 15) is 28.8 Å². The van der Waals surface area contributed by atoms with Gasteiger partial charge in [0.1, 0.15) is 18.7 Å². The molecular weight excluding hydrogens is 558 g/mol. The molecule has 0 aromatic carbocycles. The molecule has 1 unspecified atom stereocenters. The summed E-state index contributed by atoms with van der Waals surface area (Å²) in [6.07, 6.45) is 2.86. The number of carbonyl (C=O) groups excluding carboxylic acids is 6. The van der Waals surface area contributed by atoms with Crippen molar-refractivity contribution >= 4 is 35.7 Å². The first kappa shape index (κ1) is 35.8. The second kappa shape index (κ2) is 15.4. The fraction of sp³-hybridized carbons (Fsp3) is 0.800. The van der Waals surface area contributed by atoms with Crippen molar-refractivity contribution in [1.29, 1.82) is 0 Å². The third-order valence-corrected chi connectivity index (χ3v) is 8.58. The number of methoxy groups -OCH3 is 1. The van der Waals surface area contributed by atoms with E-state index in [1.165, 1.54) is 12.0 Å². The van der Waals surface area contributed by atoms with Gasteiger partial charge in [-0.1, -0.05) is 67.7 Å². The van der Waals surface area contributed by atoms with Gasteiger partial charge < -0.3 is 36.1 Å². The average molecular weight is 610 g/mol. The minimum Gasteiger partial charge on any atom is -0.438 e. The molecule has 2 aliphatic rings. The summed E-state index contributed by atoms with van der Waals surface area (Å²) in [7, 11) is 1.19. The molecule has 5 atom stereocenters. The molecule has 43 heavy (non-hydrogen) atoms. The third-order valence-electron chi connectivity index (χ3n) is 8.58. The number of carbonyl (C=O) groups is 6. The van der Waals surface area contributed by atoms with E-state index >= 15 is 0 Å². The fourth-order valence-corrected chi connectivity index (χ4v) is 5.59. The Labute approximate surface area is 254 Å². The number of nitrogens with zero attached hydrogens (tertiary/aromatic N) is 1. The average Bonchev–Trinajstić information content (AvgIpc) is 3.34. The molecule has 1 aliphatic carbocycles. The lowest BCUT2D eigenvalue weighted by Gasteiger charge is -2.37. The second-order valence-corrected chi connectivity index (χ2v) is 13.5. The maximum Gasteiger partial charge on any atom is 0.508 e. The minimum atomic E-state index is -1.11. The molecule has 0 radical (unpaired) electrons. The highest BCUT2D eigenvalue weighted by Crippen LogP contribution is 2.34. The molecule has 0 aromatic rings. The van der Waals surface area contributed by atoms with Crippen LogP contribution in [0.25, 0.3) is 0 Å². The van der Waals surface area contributed by atoms with E-state index in [1.807, 2.05) is 27.7 Å². The quantitative estimate of drug-likeness (QED) is 0.181. The van der Waals surface area contributed by atoms with Crippen molar-refractivity contribution < 1.29 is 38.2 Å². The van der Waals surface area contributed by atoms with Crippen molar-refractivity contribution in [1.82, 2.24) is 20.9 Å². The number of hydrogen-bond acceptors (Lipinski definition) is 8. The molecule has 5 N–H and O–H groups in total. The Morgan fingerprint density at radius 2 is 1.58 bits per heavy atom. The van der Waals surface area contributed by atoms with E-state index in [2.05, 4.69) is 20.7 Å². The van der Waals surface area contributed by atoms with Crippen LogP contribution in [0.2, 0.25) is 0 Å². The molecule has 13 nitrogen and oxygen atoms in total. The number of rotatable bonds is 13. The van der Waals surface area contributed by atoms with Gasteiger partial charge in [-0.2, -0.15) is 0 Å². The number of primary amides is 1. The van der Waals surface area contributed by atoms with Crippen LogP contribution in [-0.2, 0) is 28.7 Å². The first-order valence-electron chi connectivity index (χ1n) is 15.2. The summed E-state index contributed by atoms with van der Waals surface area (Å²) < 4.78 is 9.51. The Balaban J connectivity index is 2.27. The number of urea groups is 1. The first-order valence-corrected chi connectivity index (χ1v) is 15.2. The van der Waals surface area contributed by atoms with Gasteiger partial charge in [-0.25, -0.2) is 9.59 Å². The minimum absolute atomic E-state index is 0.0384. The van der Waals surface area contributed by atoms with E-state index in [1.54, 1.807) is 20.8 Å².